The smallest absolute Gasteiger partial charge is 0.222 e. The minimum atomic E-state index is 0.293. The van der Waals surface area contributed by atoms with Gasteiger partial charge in [0.25, 0.3) is 0 Å². The standard InChI is InChI=1S/C15H29N3O2/c1-17(13-14-4-2-6-16-12-14)7-3-5-15(19)18-8-10-20-11-9-18/h14,16H,2-13H2,1H3. The summed E-state index contributed by atoms with van der Waals surface area (Å²) >= 11 is 0. The summed E-state index contributed by atoms with van der Waals surface area (Å²) in [4.78, 5) is 16.3. The molecule has 0 aliphatic carbocycles. The molecular formula is C15H29N3O2. The topological polar surface area (TPSA) is 44.8 Å². The van der Waals surface area contributed by atoms with E-state index in [0.717, 1.165) is 45.1 Å². The molecule has 2 rings (SSSR count). The molecular weight excluding hydrogens is 254 g/mol. The predicted molar refractivity (Wildman–Crippen MR) is 79.7 cm³/mol. The fourth-order valence-electron chi connectivity index (χ4n) is 3.08. The first-order chi connectivity index (χ1) is 9.75. The average molecular weight is 283 g/mol. The van der Waals surface area contributed by atoms with Gasteiger partial charge in [-0.2, -0.15) is 0 Å². The number of nitrogens with one attached hydrogen (secondary N) is 1. The van der Waals surface area contributed by atoms with Crippen molar-refractivity contribution in [3.8, 4) is 0 Å². The molecule has 2 heterocycles. The molecule has 2 fully saturated rings. The number of amides is 1. The zero-order chi connectivity index (χ0) is 14.2. The molecule has 1 unspecified atom stereocenters. The number of rotatable bonds is 6. The van der Waals surface area contributed by atoms with Gasteiger partial charge in [0.05, 0.1) is 13.2 Å². The first kappa shape index (κ1) is 15.7. The second-order valence-electron chi connectivity index (χ2n) is 6.07. The summed E-state index contributed by atoms with van der Waals surface area (Å²) in [6.45, 7) is 7.42. The molecule has 1 amide bonds. The van der Waals surface area contributed by atoms with Gasteiger partial charge in [-0.15, -0.1) is 0 Å². The summed E-state index contributed by atoms with van der Waals surface area (Å²) < 4.78 is 5.27. The van der Waals surface area contributed by atoms with Crippen LogP contribution in [0.5, 0.6) is 0 Å². The first-order valence-corrected chi connectivity index (χ1v) is 8.00. The predicted octanol–water partition coefficient (Wildman–Crippen LogP) is 0.557. The molecule has 0 aromatic rings. The van der Waals surface area contributed by atoms with Crippen LogP contribution < -0.4 is 5.32 Å². The zero-order valence-corrected chi connectivity index (χ0v) is 12.8. The Kier molecular flexibility index (Phi) is 6.76. The molecule has 1 atom stereocenters. The van der Waals surface area contributed by atoms with Crippen molar-refractivity contribution in [3.63, 3.8) is 0 Å². The Morgan fingerprint density at radius 1 is 1.40 bits per heavy atom. The Morgan fingerprint density at radius 2 is 2.20 bits per heavy atom. The SMILES string of the molecule is CN(CCCC(=O)N1CCOCC1)CC1CCCNC1. The van der Waals surface area contributed by atoms with E-state index >= 15 is 0 Å². The third-order valence-corrected chi connectivity index (χ3v) is 4.26. The van der Waals surface area contributed by atoms with Crippen LogP contribution in [0.4, 0.5) is 0 Å². The molecule has 0 aromatic heterocycles. The Bertz CT molecular complexity index is 287. The average Bonchev–Trinajstić information content (AvgIpc) is 2.49. The molecule has 0 bridgehead atoms. The lowest BCUT2D eigenvalue weighted by Crippen LogP contribution is -2.41. The minimum Gasteiger partial charge on any atom is -0.378 e. The highest BCUT2D eigenvalue weighted by molar-refractivity contribution is 5.76. The highest BCUT2D eigenvalue weighted by Gasteiger charge is 2.17. The molecule has 2 aliphatic rings. The van der Waals surface area contributed by atoms with Crippen LogP contribution in [-0.4, -0.2) is 75.2 Å². The van der Waals surface area contributed by atoms with Crippen molar-refractivity contribution in [2.24, 2.45) is 5.92 Å². The molecule has 0 aromatic carbocycles. The van der Waals surface area contributed by atoms with Crippen molar-refractivity contribution >= 4 is 5.91 Å². The molecule has 5 nitrogen and oxygen atoms in total. The van der Waals surface area contributed by atoms with Gasteiger partial charge >= 0.3 is 0 Å². The van der Waals surface area contributed by atoms with Crippen LogP contribution >= 0.6 is 0 Å². The van der Waals surface area contributed by atoms with Crippen molar-refractivity contribution in [1.82, 2.24) is 15.1 Å². The van der Waals surface area contributed by atoms with Gasteiger partial charge in [0.2, 0.25) is 5.91 Å². The number of carbonyl (C=O) groups is 1. The van der Waals surface area contributed by atoms with Crippen LogP contribution in [0, 0.1) is 5.92 Å². The highest BCUT2D eigenvalue weighted by atomic mass is 16.5. The van der Waals surface area contributed by atoms with Crippen molar-refractivity contribution in [2.45, 2.75) is 25.7 Å². The highest BCUT2D eigenvalue weighted by Crippen LogP contribution is 2.11. The second-order valence-corrected chi connectivity index (χ2v) is 6.07. The van der Waals surface area contributed by atoms with E-state index in [1.54, 1.807) is 0 Å². The molecule has 0 radical (unpaired) electrons. The summed E-state index contributed by atoms with van der Waals surface area (Å²) in [5, 5.41) is 3.46. The largest absolute Gasteiger partial charge is 0.378 e. The van der Waals surface area contributed by atoms with Gasteiger partial charge in [0.1, 0.15) is 0 Å². The normalized spacial score (nSPS) is 24.1. The number of piperidine rings is 1. The number of morpholine rings is 1. The van der Waals surface area contributed by atoms with Gasteiger partial charge in [-0.25, -0.2) is 0 Å². The van der Waals surface area contributed by atoms with E-state index in [4.69, 9.17) is 4.74 Å². The summed E-state index contributed by atoms with van der Waals surface area (Å²) in [5.74, 6) is 1.07. The van der Waals surface area contributed by atoms with Crippen LogP contribution in [0.15, 0.2) is 0 Å². The van der Waals surface area contributed by atoms with Crippen molar-refractivity contribution in [3.05, 3.63) is 0 Å². The van der Waals surface area contributed by atoms with E-state index in [1.807, 2.05) is 4.90 Å². The second kappa shape index (κ2) is 8.60. The van der Waals surface area contributed by atoms with E-state index < -0.39 is 0 Å². The summed E-state index contributed by atoms with van der Waals surface area (Å²) in [6, 6.07) is 0. The lowest BCUT2D eigenvalue weighted by Gasteiger charge is -2.28. The summed E-state index contributed by atoms with van der Waals surface area (Å²) in [5.41, 5.74) is 0. The molecule has 0 spiro atoms. The minimum absolute atomic E-state index is 0.293. The Balaban J connectivity index is 1.56. The van der Waals surface area contributed by atoms with Crippen LogP contribution in [0.2, 0.25) is 0 Å². The lowest BCUT2D eigenvalue weighted by atomic mass is 9.99. The number of nitrogens with zero attached hydrogens (tertiary/aromatic N) is 2. The quantitative estimate of drug-likeness (QED) is 0.773. The van der Waals surface area contributed by atoms with Crippen LogP contribution in [-0.2, 0) is 9.53 Å². The van der Waals surface area contributed by atoms with Crippen molar-refractivity contribution in [2.75, 3.05) is 59.5 Å². The van der Waals surface area contributed by atoms with Gasteiger partial charge in [-0.05, 0) is 51.9 Å². The maximum Gasteiger partial charge on any atom is 0.222 e. The van der Waals surface area contributed by atoms with E-state index in [-0.39, 0.29) is 0 Å². The number of hydrogen-bond acceptors (Lipinski definition) is 4. The van der Waals surface area contributed by atoms with E-state index in [1.165, 1.54) is 19.4 Å². The third-order valence-electron chi connectivity index (χ3n) is 4.26. The van der Waals surface area contributed by atoms with Gasteiger partial charge in [0, 0.05) is 26.1 Å². The maximum atomic E-state index is 12.0. The third kappa shape index (κ3) is 5.38. The van der Waals surface area contributed by atoms with Crippen LogP contribution in [0.3, 0.4) is 0 Å². The Morgan fingerprint density at radius 3 is 2.90 bits per heavy atom. The zero-order valence-electron chi connectivity index (χ0n) is 12.8. The van der Waals surface area contributed by atoms with Crippen molar-refractivity contribution < 1.29 is 9.53 Å². The van der Waals surface area contributed by atoms with Crippen LogP contribution in [0.1, 0.15) is 25.7 Å². The lowest BCUT2D eigenvalue weighted by molar-refractivity contribution is -0.135. The fraction of sp³-hybridized carbons (Fsp3) is 0.933. The van der Waals surface area contributed by atoms with Gasteiger partial charge in [-0.1, -0.05) is 0 Å². The molecule has 116 valence electrons. The van der Waals surface area contributed by atoms with Crippen LogP contribution in [0.25, 0.3) is 0 Å². The molecule has 20 heavy (non-hydrogen) atoms. The molecule has 1 N–H and O–H groups in total. The Hall–Kier alpha value is -0.650. The fourth-order valence-corrected chi connectivity index (χ4v) is 3.08. The van der Waals surface area contributed by atoms with Crippen molar-refractivity contribution in [1.29, 1.82) is 0 Å². The number of hydrogen-bond donors (Lipinski definition) is 1. The first-order valence-electron chi connectivity index (χ1n) is 8.00. The summed E-state index contributed by atoms with van der Waals surface area (Å²) in [6.07, 6.45) is 4.28. The monoisotopic (exact) mass is 283 g/mol. The van der Waals surface area contributed by atoms with E-state index in [9.17, 15) is 4.79 Å². The van der Waals surface area contributed by atoms with E-state index in [0.29, 0.717) is 25.5 Å². The van der Waals surface area contributed by atoms with Gasteiger partial charge in [0.15, 0.2) is 0 Å². The number of carbonyl (C=O) groups excluding carboxylic acids is 1. The molecule has 2 aliphatic heterocycles. The molecule has 0 saturated carbocycles. The number of ether oxygens (including phenoxy) is 1. The van der Waals surface area contributed by atoms with Gasteiger partial charge in [-0.3, -0.25) is 4.79 Å². The van der Waals surface area contributed by atoms with Gasteiger partial charge < -0.3 is 19.9 Å². The Labute approximate surface area is 122 Å². The van der Waals surface area contributed by atoms with E-state index in [2.05, 4.69) is 17.3 Å². The molecule has 5 heteroatoms. The summed E-state index contributed by atoms with van der Waals surface area (Å²) in [7, 11) is 2.17. The maximum absolute atomic E-state index is 12.0. The molecule has 2 saturated heterocycles.